The van der Waals surface area contributed by atoms with E-state index < -0.39 is 17.9 Å². The number of carbonyl (C=O) groups is 3. The molecule has 1 fully saturated rings. The van der Waals surface area contributed by atoms with Crippen molar-refractivity contribution in [2.75, 3.05) is 12.4 Å². The van der Waals surface area contributed by atoms with Crippen molar-refractivity contribution in [2.24, 2.45) is 11.8 Å². The third-order valence-electron chi connectivity index (χ3n) is 3.45. The molecule has 1 aromatic heterocycles. The molecule has 1 aromatic rings. The van der Waals surface area contributed by atoms with Crippen LogP contribution in [0, 0.1) is 11.8 Å². The molecule has 0 radical (unpaired) electrons. The molecule has 6 nitrogen and oxygen atoms in total. The molecule has 0 aromatic carbocycles. The van der Waals surface area contributed by atoms with Crippen molar-refractivity contribution < 1.29 is 24.2 Å². The number of hydrogen-bond acceptors (Lipinski definition) is 5. The van der Waals surface area contributed by atoms with Gasteiger partial charge in [-0.15, -0.1) is 11.3 Å². The molecule has 7 heteroatoms. The summed E-state index contributed by atoms with van der Waals surface area (Å²) < 4.78 is 4.63. The summed E-state index contributed by atoms with van der Waals surface area (Å²) in [4.78, 5) is 34.8. The Hall–Kier alpha value is -1.89. The van der Waals surface area contributed by atoms with Crippen LogP contribution in [0.2, 0.25) is 0 Å². The molecular weight excluding hydrogens is 282 g/mol. The van der Waals surface area contributed by atoms with Gasteiger partial charge in [-0.25, -0.2) is 4.79 Å². The maximum Gasteiger partial charge on any atom is 0.350 e. The predicted octanol–water partition coefficient (Wildman–Crippen LogP) is 1.97. The largest absolute Gasteiger partial charge is 0.481 e. The quantitative estimate of drug-likeness (QED) is 0.829. The first-order chi connectivity index (χ1) is 9.52. The minimum Gasteiger partial charge on any atom is -0.481 e. The van der Waals surface area contributed by atoms with E-state index in [0.29, 0.717) is 29.8 Å². The monoisotopic (exact) mass is 297 g/mol. The summed E-state index contributed by atoms with van der Waals surface area (Å²) in [5, 5.41) is 13.3. The van der Waals surface area contributed by atoms with E-state index in [2.05, 4.69) is 10.1 Å². The minimum atomic E-state index is -0.855. The number of amides is 1. The second-order valence-electron chi connectivity index (χ2n) is 4.69. The lowest BCUT2D eigenvalue weighted by atomic mass is 10.0. The van der Waals surface area contributed by atoms with Crippen LogP contribution >= 0.6 is 11.3 Å². The Kier molecular flexibility index (Phi) is 4.39. The van der Waals surface area contributed by atoms with Crippen molar-refractivity contribution in [3.05, 3.63) is 16.3 Å². The highest BCUT2D eigenvalue weighted by atomic mass is 32.1. The van der Waals surface area contributed by atoms with Crippen LogP contribution in [0.25, 0.3) is 0 Å². The van der Waals surface area contributed by atoms with Crippen LogP contribution in [0.1, 0.15) is 28.9 Å². The molecule has 1 saturated carbocycles. The van der Waals surface area contributed by atoms with Gasteiger partial charge in [-0.05, 0) is 30.7 Å². The minimum absolute atomic E-state index is 0.239. The van der Waals surface area contributed by atoms with Gasteiger partial charge in [-0.3, -0.25) is 9.59 Å². The highest BCUT2D eigenvalue weighted by Gasteiger charge is 2.34. The first-order valence-corrected chi connectivity index (χ1v) is 7.10. The van der Waals surface area contributed by atoms with Crippen LogP contribution in [0.3, 0.4) is 0 Å². The van der Waals surface area contributed by atoms with Gasteiger partial charge in [-0.2, -0.15) is 0 Å². The van der Waals surface area contributed by atoms with Crippen LogP contribution < -0.4 is 5.32 Å². The number of carbonyl (C=O) groups excluding carboxylic acids is 2. The van der Waals surface area contributed by atoms with Gasteiger partial charge < -0.3 is 15.2 Å². The van der Waals surface area contributed by atoms with E-state index in [1.165, 1.54) is 18.4 Å². The Morgan fingerprint density at radius 1 is 1.35 bits per heavy atom. The summed E-state index contributed by atoms with van der Waals surface area (Å²) in [7, 11) is 1.28. The van der Waals surface area contributed by atoms with E-state index in [1.807, 2.05) is 0 Å². The number of esters is 1. The average molecular weight is 297 g/mol. The summed E-state index contributed by atoms with van der Waals surface area (Å²) in [6.07, 6.45) is 1.42. The van der Waals surface area contributed by atoms with Crippen molar-refractivity contribution in [2.45, 2.75) is 19.3 Å². The summed E-state index contributed by atoms with van der Waals surface area (Å²) in [5.74, 6) is -2.36. The molecule has 1 amide bonds. The summed E-state index contributed by atoms with van der Waals surface area (Å²) in [6.45, 7) is 0. The van der Waals surface area contributed by atoms with Gasteiger partial charge in [0.15, 0.2) is 0 Å². The fourth-order valence-electron chi connectivity index (χ4n) is 2.34. The van der Waals surface area contributed by atoms with E-state index in [4.69, 9.17) is 5.11 Å². The van der Waals surface area contributed by atoms with Crippen LogP contribution in [-0.4, -0.2) is 30.1 Å². The van der Waals surface area contributed by atoms with E-state index >= 15 is 0 Å². The van der Waals surface area contributed by atoms with Crippen LogP contribution in [0.5, 0.6) is 0 Å². The molecule has 1 aliphatic rings. The van der Waals surface area contributed by atoms with Gasteiger partial charge in [0.05, 0.1) is 18.7 Å². The van der Waals surface area contributed by atoms with Crippen molar-refractivity contribution >= 4 is 34.9 Å². The zero-order chi connectivity index (χ0) is 14.7. The zero-order valence-corrected chi connectivity index (χ0v) is 11.7. The molecule has 108 valence electrons. The number of rotatable bonds is 4. The maximum atomic E-state index is 12.1. The molecule has 20 heavy (non-hydrogen) atoms. The van der Waals surface area contributed by atoms with Gasteiger partial charge in [0.25, 0.3) is 0 Å². The standard InChI is InChI=1S/C13H15NO5S/c1-19-13(18)10-9(4-5-20-10)14-11(15)7-2-3-8(6-7)12(16)17/h4-5,7-8H,2-3,6H2,1H3,(H,14,15)(H,16,17). The molecule has 1 aliphatic carbocycles. The number of nitrogens with one attached hydrogen (secondary N) is 1. The van der Waals surface area contributed by atoms with Gasteiger partial charge in [0.1, 0.15) is 4.88 Å². The molecular formula is C13H15NO5S. The van der Waals surface area contributed by atoms with Gasteiger partial charge in [0, 0.05) is 5.92 Å². The number of carboxylic acid groups (broad SMARTS) is 1. The second-order valence-corrected chi connectivity index (χ2v) is 5.61. The predicted molar refractivity (Wildman–Crippen MR) is 72.8 cm³/mol. The van der Waals surface area contributed by atoms with Crippen molar-refractivity contribution in [1.82, 2.24) is 0 Å². The highest BCUT2D eigenvalue weighted by Crippen LogP contribution is 2.32. The van der Waals surface area contributed by atoms with Crippen LogP contribution in [-0.2, 0) is 14.3 Å². The number of hydrogen-bond donors (Lipinski definition) is 2. The first kappa shape index (κ1) is 14.5. The number of anilines is 1. The number of aliphatic carboxylic acids is 1. The van der Waals surface area contributed by atoms with Gasteiger partial charge in [-0.1, -0.05) is 0 Å². The molecule has 0 spiro atoms. The molecule has 2 atom stereocenters. The van der Waals surface area contributed by atoms with Gasteiger partial charge >= 0.3 is 11.9 Å². The van der Waals surface area contributed by atoms with Crippen molar-refractivity contribution in [3.8, 4) is 0 Å². The molecule has 0 aliphatic heterocycles. The lowest BCUT2D eigenvalue weighted by molar-refractivity contribution is -0.141. The highest BCUT2D eigenvalue weighted by molar-refractivity contribution is 7.12. The zero-order valence-electron chi connectivity index (χ0n) is 10.9. The topological polar surface area (TPSA) is 92.7 Å². The average Bonchev–Trinajstić information content (AvgIpc) is 3.06. The Balaban J connectivity index is 2.01. The Morgan fingerprint density at radius 3 is 2.65 bits per heavy atom. The lowest BCUT2D eigenvalue weighted by Crippen LogP contribution is -2.22. The van der Waals surface area contributed by atoms with Gasteiger partial charge in [0.2, 0.25) is 5.91 Å². The molecule has 2 rings (SSSR count). The summed E-state index contributed by atoms with van der Waals surface area (Å²) >= 11 is 1.19. The summed E-state index contributed by atoms with van der Waals surface area (Å²) in [6, 6.07) is 1.64. The number of thiophene rings is 1. The number of methoxy groups -OCH3 is 1. The first-order valence-electron chi connectivity index (χ1n) is 6.22. The Bertz CT molecular complexity index is 539. The van der Waals surface area contributed by atoms with E-state index in [1.54, 1.807) is 11.4 Å². The smallest absolute Gasteiger partial charge is 0.350 e. The molecule has 1 heterocycles. The van der Waals surface area contributed by atoms with E-state index in [9.17, 15) is 14.4 Å². The fourth-order valence-corrected chi connectivity index (χ4v) is 3.10. The molecule has 2 N–H and O–H groups in total. The molecule has 2 unspecified atom stereocenters. The van der Waals surface area contributed by atoms with Crippen molar-refractivity contribution in [3.63, 3.8) is 0 Å². The lowest BCUT2D eigenvalue weighted by Gasteiger charge is -2.10. The third kappa shape index (κ3) is 2.98. The second kappa shape index (κ2) is 6.04. The van der Waals surface area contributed by atoms with Crippen LogP contribution in [0.4, 0.5) is 5.69 Å². The number of carboxylic acids is 1. The SMILES string of the molecule is COC(=O)c1sccc1NC(=O)C1CCC(C(=O)O)C1. The third-order valence-corrected chi connectivity index (χ3v) is 4.34. The maximum absolute atomic E-state index is 12.1. The van der Waals surface area contributed by atoms with E-state index in [0.717, 1.165) is 0 Å². The Labute approximate surface area is 119 Å². The van der Waals surface area contributed by atoms with Crippen molar-refractivity contribution in [1.29, 1.82) is 0 Å². The number of ether oxygens (including phenoxy) is 1. The fraction of sp³-hybridized carbons (Fsp3) is 0.462. The normalized spacial score (nSPS) is 21.4. The molecule has 0 bridgehead atoms. The Morgan fingerprint density at radius 2 is 2.05 bits per heavy atom. The molecule has 0 saturated heterocycles. The summed E-state index contributed by atoms with van der Waals surface area (Å²) in [5.41, 5.74) is 0.422. The van der Waals surface area contributed by atoms with Crippen LogP contribution in [0.15, 0.2) is 11.4 Å². The van der Waals surface area contributed by atoms with E-state index in [-0.39, 0.29) is 11.8 Å².